The number of nitrogens with two attached hydrogens (primary N) is 1. The number of nitrogens with zero attached hydrogens (tertiary/aromatic N) is 3. The molecule has 5 nitrogen and oxygen atoms in total. The molecule has 1 aliphatic rings. The van der Waals surface area contributed by atoms with Crippen molar-refractivity contribution >= 4 is 22.7 Å². The van der Waals surface area contributed by atoms with Crippen molar-refractivity contribution in [1.82, 2.24) is 15.3 Å². The molecule has 1 aliphatic heterocycles. The normalized spacial score (nSPS) is 20.3. The first kappa shape index (κ1) is 11.2. The van der Waals surface area contributed by atoms with Crippen LogP contribution in [-0.2, 0) is 0 Å². The predicted molar refractivity (Wildman–Crippen MR) is 73.6 cm³/mol. The van der Waals surface area contributed by atoms with Crippen molar-refractivity contribution in [1.29, 1.82) is 0 Å². The van der Waals surface area contributed by atoms with E-state index in [2.05, 4.69) is 27.1 Å². The molecule has 1 aromatic carbocycles. The van der Waals surface area contributed by atoms with Crippen LogP contribution in [0.25, 0.3) is 11.0 Å². The number of nitrogens with one attached hydrogen (secondary N) is 1. The molecule has 0 saturated carbocycles. The lowest BCUT2D eigenvalue weighted by Gasteiger charge is -2.33. The zero-order valence-electron chi connectivity index (χ0n) is 10.4. The number of piperazine rings is 1. The Hall–Kier alpha value is -1.88. The van der Waals surface area contributed by atoms with Crippen molar-refractivity contribution in [2.24, 2.45) is 0 Å². The average Bonchev–Trinajstić information content (AvgIpc) is 2.38. The number of nitrogen functional groups attached to an aromatic ring is 1. The minimum Gasteiger partial charge on any atom is -0.381 e. The van der Waals surface area contributed by atoms with E-state index in [0.29, 0.717) is 11.9 Å². The maximum Gasteiger partial charge on any atom is 0.172 e. The molecule has 1 fully saturated rings. The molecule has 0 spiro atoms. The molecular formula is C13H17N5. The number of anilines is 2. The highest BCUT2D eigenvalue weighted by atomic mass is 15.3. The van der Waals surface area contributed by atoms with Gasteiger partial charge in [0.15, 0.2) is 11.6 Å². The molecule has 0 bridgehead atoms. The second-order valence-electron chi connectivity index (χ2n) is 4.72. The molecular weight excluding hydrogens is 226 g/mol. The fraction of sp³-hybridized carbons (Fsp3) is 0.385. The van der Waals surface area contributed by atoms with Gasteiger partial charge >= 0.3 is 0 Å². The van der Waals surface area contributed by atoms with Gasteiger partial charge in [-0.2, -0.15) is 0 Å². The zero-order valence-corrected chi connectivity index (χ0v) is 10.4. The standard InChI is InChI=1S/C13H17N5/c1-9-8-18(7-6-15-9)13-12(14)16-10-4-2-3-5-11(10)17-13/h2-5,9,15H,6-8H2,1H3,(H2,14,16)/t9-/m1/s1. The van der Waals surface area contributed by atoms with Crippen LogP contribution in [0.5, 0.6) is 0 Å². The second-order valence-corrected chi connectivity index (χ2v) is 4.72. The fourth-order valence-electron chi connectivity index (χ4n) is 2.36. The van der Waals surface area contributed by atoms with E-state index in [9.17, 15) is 0 Å². The molecule has 2 aromatic rings. The molecule has 0 unspecified atom stereocenters. The van der Waals surface area contributed by atoms with Gasteiger partial charge in [-0.1, -0.05) is 12.1 Å². The van der Waals surface area contributed by atoms with E-state index in [1.165, 1.54) is 0 Å². The molecule has 5 heteroatoms. The Bertz CT molecular complexity index is 568. The molecule has 1 aromatic heterocycles. The van der Waals surface area contributed by atoms with Gasteiger partial charge in [-0.3, -0.25) is 0 Å². The number of fused-ring (bicyclic) bond motifs is 1. The second kappa shape index (κ2) is 4.42. The molecule has 1 atom stereocenters. The van der Waals surface area contributed by atoms with Crippen LogP contribution >= 0.6 is 0 Å². The lowest BCUT2D eigenvalue weighted by molar-refractivity contribution is 0.483. The number of hydrogen-bond donors (Lipinski definition) is 2. The molecule has 0 radical (unpaired) electrons. The Morgan fingerprint density at radius 1 is 1.28 bits per heavy atom. The third kappa shape index (κ3) is 1.97. The summed E-state index contributed by atoms with van der Waals surface area (Å²) >= 11 is 0. The van der Waals surface area contributed by atoms with Crippen LogP contribution in [0.2, 0.25) is 0 Å². The third-order valence-electron chi connectivity index (χ3n) is 3.25. The van der Waals surface area contributed by atoms with Gasteiger partial charge in [-0.15, -0.1) is 0 Å². The van der Waals surface area contributed by atoms with Gasteiger partial charge in [0.05, 0.1) is 11.0 Å². The van der Waals surface area contributed by atoms with Gasteiger partial charge in [-0.05, 0) is 19.1 Å². The number of aromatic nitrogens is 2. The minimum absolute atomic E-state index is 0.450. The van der Waals surface area contributed by atoms with E-state index in [4.69, 9.17) is 5.73 Å². The van der Waals surface area contributed by atoms with Gasteiger partial charge in [0, 0.05) is 25.7 Å². The summed E-state index contributed by atoms with van der Waals surface area (Å²) in [7, 11) is 0. The van der Waals surface area contributed by atoms with Crippen molar-refractivity contribution in [2.75, 3.05) is 30.3 Å². The van der Waals surface area contributed by atoms with Crippen molar-refractivity contribution in [3.63, 3.8) is 0 Å². The molecule has 3 rings (SSSR count). The van der Waals surface area contributed by atoms with Crippen LogP contribution < -0.4 is 16.0 Å². The van der Waals surface area contributed by atoms with E-state index in [1.807, 2.05) is 24.3 Å². The van der Waals surface area contributed by atoms with Crippen molar-refractivity contribution in [3.8, 4) is 0 Å². The molecule has 0 amide bonds. The molecule has 94 valence electrons. The Morgan fingerprint density at radius 3 is 2.72 bits per heavy atom. The lowest BCUT2D eigenvalue weighted by Crippen LogP contribution is -2.49. The van der Waals surface area contributed by atoms with Crippen molar-refractivity contribution in [3.05, 3.63) is 24.3 Å². The average molecular weight is 243 g/mol. The van der Waals surface area contributed by atoms with E-state index in [0.717, 1.165) is 36.5 Å². The number of hydrogen-bond acceptors (Lipinski definition) is 5. The molecule has 3 N–H and O–H groups in total. The van der Waals surface area contributed by atoms with Crippen LogP contribution in [0.1, 0.15) is 6.92 Å². The smallest absolute Gasteiger partial charge is 0.172 e. The first-order chi connectivity index (χ1) is 8.74. The quantitative estimate of drug-likeness (QED) is 0.782. The maximum atomic E-state index is 6.03. The number of rotatable bonds is 1. The lowest BCUT2D eigenvalue weighted by atomic mass is 10.2. The predicted octanol–water partition coefficient (Wildman–Crippen LogP) is 1.01. The first-order valence-electron chi connectivity index (χ1n) is 6.24. The highest BCUT2D eigenvalue weighted by Crippen LogP contribution is 2.23. The topological polar surface area (TPSA) is 67.1 Å². The summed E-state index contributed by atoms with van der Waals surface area (Å²) in [4.78, 5) is 11.3. The van der Waals surface area contributed by atoms with Crippen LogP contribution in [0.3, 0.4) is 0 Å². The fourth-order valence-corrected chi connectivity index (χ4v) is 2.36. The highest BCUT2D eigenvalue weighted by Gasteiger charge is 2.19. The van der Waals surface area contributed by atoms with Crippen LogP contribution in [0, 0.1) is 0 Å². The van der Waals surface area contributed by atoms with Gasteiger partial charge in [0.2, 0.25) is 0 Å². The Balaban J connectivity index is 2.02. The summed E-state index contributed by atoms with van der Waals surface area (Å²) in [5.41, 5.74) is 7.77. The van der Waals surface area contributed by atoms with Crippen molar-refractivity contribution < 1.29 is 0 Å². The van der Waals surface area contributed by atoms with E-state index >= 15 is 0 Å². The third-order valence-corrected chi connectivity index (χ3v) is 3.25. The summed E-state index contributed by atoms with van der Waals surface area (Å²) in [5, 5.41) is 3.41. The monoisotopic (exact) mass is 243 g/mol. The Morgan fingerprint density at radius 2 is 2.00 bits per heavy atom. The summed E-state index contributed by atoms with van der Waals surface area (Å²) < 4.78 is 0. The minimum atomic E-state index is 0.450. The number of para-hydroxylation sites is 2. The molecule has 0 aliphatic carbocycles. The van der Waals surface area contributed by atoms with Gasteiger partial charge in [0.25, 0.3) is 0 Å². The molecule has 18 heavy (non-hydrogen) atoms. The van der Waals surface area contributed by atoms with E-state index in [1.54, 1.807) is 0 Å². The Labute approximate surface area is 106 Å². The highest BCUT2D eigenvalue weighted by molar-refractivity contribution is 5.79. The van der Waals surface area contributed by atoms with Gasteiger partial charge in [0.1, 0.15) is 0 Å². The van der Waals surface area contributed by atoms with Gasteiger partial charge in [-0.25, -0.2) is 9.97 Å². The summed E-state index contributed by atoms with van der Waals surface area (Å²) in [6, 6.07) is 8.27. The van der Waals surface area contributed by atoms with Crippen molar-refractivity contribution in [2.45, 2.75) is 13.0 Å². The summed E-state index contributed by atoms with van der Waals surface area (Å²) in [6.45, 7) is 4.95. The summed E-state index contributed by atoms with van der Waals surface area (Å²) in [6.07, 6.45) is 0. The van der Waals surface area contributed by atoms with Crippen LogP contribution in [-0.4, -0.2) is 35.6 Å². The van der Waals surface area contributed by atoms with Crippen LogP contribution in [0.15, 0.2) is 24.3 Å². The molecule has 1 saturated heterocycles. The maximum absolute atomic E-state index is 6.03. The SMILES string of the molecule is C[C@@H]1CN(c2nc3ccccc3nc2N)CCN1. The Kier molecular flexibility index (Phi) is 2.76. The molecule has 2 heterocycles. The van der Waals surface area contributed by atoms with Gasteiger partial charge < -0.3 is 16.0 Å². The number of benzene rings is 1. The first-order valence-corrected chi connectivity index (χ1v) is 6.24. The van der Waals surface area contributed by atoms with Crippen LogP contribution in [0.4, 0.5) is 11.6 Å². The van der Waals surface area contributed by atoms with E-state index in [-0.39, 0.29) is 0 Å². The summed E-state index contributed by atoms with van der Waals surface area (Å²) in [5.74, 6) is 1.32. The zero-order chi connectivity index (χ0) is 12.5. The van der Waals surface area contributed by atoms with E-state index < -0.39 is 0 Å². The largest absolute Gasteiger partial charge is 0.381 e.